The Bertz CT molecular complexity index is 1110. The van der Waals surface area contributed by atoms with Crippen LogP contribution in [0.4, 0.5) is 0 Å². The lowest BCUT2D eigenvalue weighted by Gasteiger charge is -2.27. The minimum Gasteiger partial charge on any atom is -0.493 e. The molecule has 2 N–H and O–H groups in total. The lowest BCUT2D eigenvalue weighted by molar-refractivity contribution is 0.263. The van der Waals surface area contributed by atoms with E-state index in [9.17, 15) is 13.2 Å². The number of H-pyrrole nitrogens is 1. The number of fused-ring (bicyclic) bond motifs is 2. The van der Waals surface area contributed by atoms with Gasteiger partial charge >= 0.3 is 5.76 Å². The molecule has 1 aliphatic heterocycles. The van der Waals surface area contributed by atoms with Gasteiger partial charge in [-0.1, -0.05) is 17.7 Å². The molecule has 0 amide bonds. The lowest BCUT2D eigenvalue weighted by atomic mass is 10.00. The predicted molar refractivity (Wildman–Crippen MR) is 91.2 cm³/mol. The van der Waals surface area contributed by atoms with Gasteiger partial charge in [0.05, 0.1) is 23.1 Å². The molecule has 0 bridgehead atoms. The largest absolute Gasteiger partial charge is 0.493 e. The Morgan fingerprint density at radius 2 is 2.04 bits per heavy atom. The summed E-state index contributed by atoms with van der Waals surface area (Å²) in [6, 6.07) is 9.62. The van der Waals surface area contributed by atoms with Crippen LogP contribution < -0.4 is 15.2 Å². The van der Waals surface area contributed by atoms with Crippen molar-refractivity contribution in [1.29, 1.82) is 0 Å². The summed E-state index contributed by atoms with van der Waals surface area (Å²) in [5.41, 5.74) is 2.51. The normalized spacial score (nSPS) is 17.2. The van der Waals surface area contributed by atoms with Gasteiger partial charge in [-0.2, -0.15) is 0 Å². The molecule has 4 rings (SSSR count). The standard InChI is InChI=1S/C17H16N2O5S/c1-10-2-5-15-12(8-10)13(6-7-23-15)19-25(21,22)11-3-4-14-16(9-11)24-17(20)18-14/h2-5,8-9,13,19H,6-7H2,1H3,(H,18,20). The average Bonchev–Trinajstić information content (AvgIpc) is 2.94. The van der Waals surface area contributed by atoms with Gasteiger partial charge in [0, 0.05) is 18.1 Å². The fourth-order valence-corrected chi connectivity index (χ4v) is 4.25. The molecule has 3 aromatic rings. The van der Waals surface area contributed by atoms with Gasteiger partial charge < -0.3 is 9.15 Å². The molecule has 25 heavy (non-hydrogen) atoms. The fraction of sp³-hybridized carbons (Fsp3) is 0.235. The topological polar surface area (TPSA) is 101 Å². The summed E-state index contributed by atoms with van der Waals surface area (Å²) in [6.45, 7) is 2.39. The monoisotopic (exact) mass is 360 g/mol. The van der Waals surface area contributed by atoms with Gasteiger partial charge in [0.1, 0.15) is 5.75 Å². The van der Waals surface area contributed by atoms with E-state index in [0.29, 0.717) is 24.3 Å². The van der Waals surface area contributed by atoms with Crippen LogP contribution in [0.15, 0.2) is 50.5 Å². The molecule has 2 heterocycles. The summed E-state index contributed by atoms with van der Waals surface area (Å²) in [6.07, 6.45) is 0.539. The molecule has 8 heteroatoms. The van der Waals surface area contributed by atoms with Crippen LogP contribution in [0.1, 0.15) is 23.6 Å². The molecule has 0 aliphatic carbocycles. The van der Waals surface area contributed by atoms with Crippen molar-refractivity contribution >= 4 is 21.1 Å². The number of ether oxygens (including phenoxy) is 1. The van der Waals surface area contributed by atoms with Crippen LogP contribution in [0.25, 0.3) is 11.1 Å². The molecule has 1 aliphatic rings. The first kappa shape index (κ1) is 15.9. The van der Waals surface area contributed by atoms with E-state index in [0.717, 1.165) is 11.1 Å². The van der Waals surface area contributed by atoms with E-state index in [-0.39, 0.29) is 16.5 Å². The number of aryl methyl sites for hydroxylation is 1. The highest BCUT2D eigenvalue weighted by Crippen LogP contribution is 2.33. The van der Waals surface area contributed by atoms with Crippen LogP contribution in [-0.2, 0) is 10.0 Å². The van der Waals surface area contributed by atoms with E-state index in [1.54, 1.807) is 0 Å². The first-order chi connectivity index (χ1) is 11.9. The zero-order valence-electron chi connectivity index (χ0n) is 13.4. The van der Waals surface area contributed by atoms with E-state index in [1.165, 1.54) is 18.2 Å². The van der Waals surface area contributed by atoms with E-state index in [2.05, 4.69) is 9.71 Å². The Kier molecular flexibility index (Phi) is 3.66. The second-order valence-corrected chi connectivity index (χ2v) is 7.74. The Morgan fingerprint density at radius 3 is 2.88 bits per heavy atom. The molecule has 1 aromatic heterocycles. The summed E-state index contributed by atoms with van der Waals surface area (Å²) >= 11 is 0. The Labute approximate surface area is 143 Å². The SMILES string of the molecule is Cc1ccc2c(c1)C(NS(=O)(=O)c1ccc3[nH]c(=O)oc3c1)CCO2. The van der Waals surface area contributed by atoms with Crippen LogP contribution in [0.3, 0.4) is 0 Å². The molecule has 1 atom stereocenters. The maximum atomic E-state index is 12.8. The van der Waals surface area contributed by atoms with Crippen molar-refractivity contribution in [3.63, 3.8) is 0 Å². The van der Waals surface area contributed by atoms with Crippen molar-refractivity contribution in [2.24, 2.45) is 0 Å². The smallest absolute Gasteiger partial charge is 0.417 e. The highest BCUT2D eigenvalue weighted by molar-refractivity contribution is 7.89. The Balaban J connectivity index is 1.69. The summed E-state index contributed by atoms with van der Waals surface area (Å²) in [4.78, 5) is 13.8. The number of benzene rings is 2. The molecular weight excluding hydrogens is 344 g/mol. The number of rotatable bonds is 3. The third-order valence-corrected chi connectivity index (χ3v) is 5.67. The van der Waals surface area contributed by atoms with Crippen molar-refractivity contribution in [3.05, 3.63) is 58.1 Å². The second-order valence-electron chi connectivity index (χ2n) is 6.02. The van der Waals surface area contributed by atoms with E-state index >= 15 is 0 Å². The van der Waals surface area contributed by atoms with Gasteiger partial charge in [0.2, 0.25) is 10.0 Å². The molecule has 0 fully saturated rings. The highest BCUT2D eigenvalue weighted by atomic mass is 32.2. The number of sulfonamides is 1. The average molecular weight is 360 g/mol. The predicted octanol–water partition coefficient (Wildman–Crippen LogP) is 2.23. The number of nitrogens with one attached hydrogen (secondary N) is 2. The quantitative estimate of drug-likeness (QED) is 0.746. The number of hydrogen-bond acceptors (Lipinski definition) is 5. The Morgan fingerprint density at radius 1 is 1.20 bits per heavy atom. The lowest BCUT2D eigenvalue weighted by Crippen LogP contribution is -2.32. The first-order valence-electron chi connectivity index (χ1n) is 7.81. The van der Waals surface area contributed by atoms with Crippen molar-refractivity contribution in [2.75, 3.05) is 6.61 Å². The van der Waals surface area contributed by atoms with Crippen LogP contribution in [0.5, 0.6) is 5.75 Å². The minimum atomic E-state index is -3.78. The molecule has 0 saturated heterocycles. The number of hydrogen-bond donors (Lipinski definition) is 2. The van der Waals surface area contributed by atoms with E-state index < -0.39 is 15.8 Å². The maximum absolute atomic E-state index is 12.8. The molecule has 130 valence electrons. The third-order valence-electron chi connectivity index (χ3n) is 4.20. The van der Waals surface area contributed by atoms with Crippen LogP contribution in [0, 0.1) is 6.92 Å². The molecule has 0 saturated carbocycles. The van der Waals surface area contributed by atoms with Gasteiger partial charge in [-0.15, -0.1) is 0 Å². The van der Waals surface area contributed by atoms with Crippen LogP contribution in [-0.4, -0.2) is 20.0 Å². The van der Waals surface area contributed by atoms with Crippen molar-refractivity contribution in [2.45, 2.75) is 24.3 Å². The zero-order valence-corrected chi connectivity index (χ0v) is 14.2. The zero-order chi connectivity index (χ0) is 17.6. The van der Waals surface area contributed by atoms with Gasteiger partial charge in [0.15, 0.2) is 5.58 Å². The summed E-state index contributed by atoms with van der Waals surface area (Å²) in [5, 5.41) is 0. The first-order valence-corrected chi connectivity index (χ1v) is 9.29. The molecule has 1 unspecified atom stereocenters. The van der Waals surface area contributed by atoms with Gasteiger partial charge in [0.25, 0.3) is 0 Å². The fourth-order valence-electron chi connectivity index (χ4n) is 2.98. The molecule has 0 spiro atoms. The van der Waals surface area contributed by atoms with E-state index in [4.69, 9.17) is 9.15 Å². The van der Waals surface area contributed by atoms with Crippen LogP contribution >= 0.6 is 0 Å². The molecule has 0 radical (unpaired) electrons. The molecule has 7 nitrogen and oxygen atoms in total. The summed E-state index contributed by atoms with van der Waals surface area (Å²) in [5.74, 6) is 0.0722. The second kappa shape index (κ2) is 5.75. The molecular formula is C17H16N2O5S. The van der Waals surface area contributed by atoms with E-state index in [1.807, 2.05) is 25.1 Å². The minimum absolute atomic E-state index is 0.0449. The van der Waals surface area contributed by atoms with Gasteiger partial charge in [-0.05, 0) is 25.1 Å². The van der Waals surface area contributed by atoms with Crippen molar-refractivity contribution in [3.8, 4) is 5.75 Å². The van der Waals surface area contributed by atoms with Crippen molar-refractivity contribution < 1.29 is 17.6 Å². The third kappa shape index (κ3) is 2.94. The number of aromatic nitrogens is 1. The highest BCUT2D eigenvalue weighted by Gasteiger charge is 2.27. The maximum Gasteiger partial charge on any atom is 0.417 e. The van der Waals surface area contributed by atoms with Gasteiger partial charge in [-0.25, -0.2) is 17.9 Å². The Hall–Kier alpha value is -2.58. The number of aromatic amines is 1. The molecule has 2 aromatic carbocycles. The van der Waals surface area contributed by atoms with Gasteiger partial charge in [-0.3, -0.25) is 4.98 Å². The number of oxazole rings is 1. The van der Waals surface area contributed by atoms with Crippen molar-refractivity contribution in [1.82, 2.24) is 9.71 Å². The van der Waals surface area contributed by atoms with Crippen LogP contribution in [0.2, 0.25) is 0 Å². The summed E-state index contributed by atoms with van der Waals surface area (Å²) < 4.78 is 38.8. The summed E-state index contributed by atoms with van der Waals surface area (Å²) in [7, 11) is -3.78.